The largest absolute Gasteiger partial charge is 0.443 e. The Balaban J connectivity index is 3.32. The van der Waals surface area contributed by atoms with E-state index in [-0.39, 0.29) is 23.3 Å². The summed E-state index contributed by atoms with van der Waals surface area (Å²) < 4.78 is 6.27. The maximum Gasteiger partial charge on any atom is 0.414 e. The SMILES string of the molecule is CCCC1=C(I)C(=O)C[C@H](C(C)(C)C)N1C(=O)OC(C)(C)C. The van der Waals surface area contributed by atoms with Gasteiger partial charge in [-0.15, -0.1) is 0 Å². The fourth-order valence-electron chi connectivity index (χ4n) is 2.52. The molecule has 0 aliphatic carbocycles. The Morgan fingerprint density at radius 2 is 1.82 bits per heavy atom. The number of hydrogen-bond donors (Lipinski definition) is 0. The van der Waals surface area contributed by atoms with E-state index in [4.69, 9.17) is 4.74 Å². The first-order valence-corrected chi connectivity index (χ1v) is 8.90. The van der Waals surface area contributed by atoms with Gasteiger partial charge in [-0.05, 0) is 55.2 Å². The van der Waals surface area contributed by atoms with Gasteiger partial charge >= 0.3 is 6.09 Å². The molecule has 0 aromatic carbocycles. The Kier molecular flexibility index (Phi) is 6.09. The number of hydrogen-bond acceptors (Lipinski definition) is 3. The Morgan fingerprint density at radius 3 is 2.23 bits per heavy atom. The minimum absolute atomic E-state index is 0.129. The average Bonchev–Trinajstić information content (AvgIpc) is 2.31. The number of amides is 1. The van der Waals surface area contributed by atoms with Gasteiger partial charge in [-0.25, -0.2) is 4.79 Å². The predicted octanol–water partition coefficient (Wildman–Crippen LogP) is 5.06. The molecule has 0 unspecified atom stereocenters. The van der Waals surface area contributed by atoms with Crippen molar-refractivity contribution in [3.8, 4) is 0 Å². The van der Waals surface area contributed by atoms with Crippen LogP contribution in [0.25, 0.3) is 0 Å². The quantitative estimate of drug-likeness (QED) is 0.586. The van der Waals surface area contributed by atoms with Gasteiger partial charge in [0.05, 0.1) is 9.62 Å². The first kappa shape index (κ1) is 19.5. The van der Waals surface area contributed by atoms with E-state index in [1.54, 1.807) is 4.90 Å². The average molecular weight is 421 g/mol. The first-order valence-electron chi connectivity index (χ1n) is 7.82. The highest BCUT2D eigenvalue weighted by atomic mass is 127. The number of allylic oxidation sites excluding steroid dienone is 2. The van der Waals surface area contributed by atoms with Crippen LogP contribution in [0.1, 0.15) is 67.7 Å². The lowest BCUT2D eigenvalue weighted by Gasteiger charge is -2.44. The summed E-state index contributed by atoms with van der Waals surface area (Å²) in [4.78, 5) is 26.8. The summed E-state index contributed by atoms with van der Waals surface area (Å²) in [5.74, 6) is 0.129. The highest BCUT2D eigenvalue weighted by Gasteiger charge is 2.43. The highest BCUT2D eigenvalue weighted by Crippen LogP contribution is 2.39. The molecule has 1 aliphatic rings. The van der Waals surface area contributed by atoms with E-state index in [2.05, 4.69) is 50.3 Å². The van der Waals surface area contributed by atoms with Gasteiger partial charge in [0.15, 0.2) is 5.78 Å². The lowest BCUT2D eigenvalue weighted by molar-refractivity contribution is -0.117. The molecule has 0 saturated carbocycles. The predicted molar refractivity (Wildman–Crippen MR) is 96.9 cm³/mol. The second-order valence-electron chi connectivity index (χ2n) is 7.87. The second-order valence-corrected chi connectivity index (χ2v) is 8.95. The molecule has 5 heteroatoms. The molecule has 4 nitrogen and oxygen atoms in total. The van der Waals surface area contributed by atoms with Crippen LogP contribution in [0.3, 0.4) is 0 Å². The zero-order valence-corrected chi connectivity index (χ0v) is 16.9. The smallest absolute Gasteiger partial charge is 0.414 e. The van der Waals surface area contributed by atoms with Crippen LogP contribution in [0.5, 0.6) is 0 Å². The molecule has 126 valence electrons. The molecule has 0 aromatic rings. The van der Waals surface area contributed by atoms with Crippen molar-refractivity contribution in [2.75, 3.05) is 0 Å². The van der Waals surface area contributed by atoms with Crippen molar-refractivity contribution in [3.05, 3.63) is 9.28 Å². The lowest BCUT2D eigenvalue weighted by Crippen LogP contribution is -2.52. The molecule has 0 fully saturated rings. The molecule has 0 N–H and O–H groups in total. The molecular formula is C17H28INO3. The van der Waals surface area contributed by atoms with E-state index < -0.39 is 5.60 Å². The maximum atomic E-state index is 12.8. The molecule has 1 heterocycles. The van der Waals surface area contributed by atoms with Crippen LogP contribution in [0.15, 0.2) is 9.28 Å². The first-order chi connectivity index (χ1) is 9.88. The molecule has 0 radical (unpaired) electrons. The third-order valence-electron chi connectivity index (χ3n) is 3.56. The summed E-state index contributed by atoms with van der Waals surface area (Å²) >= 11 is 2.07. The van der Waals surface area contributed by atoms with Crippen molar-refractivity contribution < 1.29 is 14.3 Å². The monoisotopic (exact) mass is 421 g/mol. The topological polar surface area (TPSA) is 46.6 Å². The van der Waals surface area contributed by atoms with Crippen LogP contribution >= 0.6 is 22.6 Å². The number of ketones is 1. The number of ether oxygens (including phenoxy) is 1. The van der Waals surface area contributed by atoms with E-state index in [0.29, 0.717) is 16.4 Å². The molecular weight excluding hydrogens is 393 g/mol. The number of carbonyl (C=O) groups excluding carboxylic acids is 2. The fraction of sp³-hybridized carbons (Fsp3) is 0.765. The van der Waals surface area contributed by atoms with Crippen LogP contribution in [0.4, 0.5) is 4.79 Å². The van der Waals surface area contributed by atoms with E-state index in [1.165, 1.54) is 0 Å². The summed E-state index contributed by atoms with van der Waals surface area (Å²) in [7, 11) is 0. The van der Waals surface area contributed by atoms with Gasteiger partial charge in [0.25, 0.3) is 0 Å². The molecule has 1 rings (SSSR count). The van der Waals surface area contributed by atoms with Gasteiger partial charge in [0.2, 0.25) is 0 Å². The van der Waals surface area contributed by atoms with Gasteiger partial charge in [0, 0.05) is 12.1 Å². The third kappa shape index (κ3) is 4.70. The molecule has 22 heavy (non-hydrogen) atoms. The highest BCUT2D eigenvalue weighted by molar-refractivity contribution is 14.1. The van der Waals surface area contributed by atoms with Gasteiger partial charge in [-0.2, -0.15) is 0 Å². The Morgan fingerprint density at radius 1 is 1.27 bits per heavy atom. The summed E-state index contributed by atoms with van der Waals surface area (Å²) in [5.41, 5.74) is 0.0700. The van der Waals surface area contributed by atoms with Crippen molar-refractivity contribution in [1.82, 2.24) is 4.90 Å². The van der Waals surface area contributed by atoms with Gasteiger partial charge in [0.1, 0.15) is 5.60 Å². The number of rotatable bonds is 2. The second kappa shape index (κ2) is 6.89. The minimum atomic E-state index is -0.552. The molecule has 1 atom stereocenters. The minimum Gasteiger partial charge on any atom is -0.443 e. The van der Waals surface area contributed by atoms with Gasteiger partial charge in [-0.1, -0.05) is 34.1 Å². The number of Topliss-reactive ketones (excluding diaryl/α,β-unsaturated/α-hetero) is 1. The van der Waals surface area contributed by atoms with E-state index in [0.717, 1.165) is 12.1 Å². The third-order valence-corrected chi connectivity index (χ3v) is 4.78. The fourth-order valence-corrected chi connectivity index (χ4v) is 3.27. The van der Waals surface area contributed by atoms with Crippen LogP contribution in [0.2, 0.25) is 0 Å². The number of carbonyl (C=O) groups is 2. The molecule has 0 bridgehead atoms. The van der Waals surface area contributed by atoms with Crippen molar-refractivity contribution in [2.24, 2.45) is 5.41 Å². The normalized spacial score (nSPS) is 20.5. The van der Waals surface area contributed by atoms with E-state index in [1.807, 2.05) is 20.8 Å². The number of nitrogens with zero attached hydrogens (tertiary/aromatic N) is 1. The van der Waals surface area contributed by atoms with E-state index >= 15 is 0 Å². The van der Waals surface area contributed by atoms with Gasteiger partial charge < -0.3 is 4.74 Å². The molecule has 0 aromatic heterocycles. The Bertz CT molecular complexity index is 483. The molecule has 1 aliphatic heterocycles. The maximum absolute atomic E-state index is 12.8. The molecule has 0 spiro atoms. The van der Waals surface area contributed by atoms with Crippen molar-refractivity contribution in [3.63, 3.8) is 0 Å². The van der Waals surface area contributed by atoms with Crippen LogP contribution in [-0.4, -0.2) is 28.4 Å². The van der Waals surface area contributed by atoms with Crippen molar-refractivity contribution >= 4 is 34.5 Å². The number of halogens is 1. The zero-order chi connectivity index (χ0) is 17.3. The van der Waals surface area contributed by atoms with Crippen LogP contribution < -0.4 is 0 Å². The van der Waals surface area contributed by atoms with Crippen LogP contribution in [-0.2, 0) is 9.53 Å². The summed E-state index contributed by atoms with van der Waals surface area (Å²) in [6.45, 7) is 13.8. The summed E-state index contributed by atoms with van der Waals surface area (Å²) in [5, 5.41) is 0. The summed E-state index contributed by atoms with van der Waals surface area (Å²) in [6, 6.07) is -0.171. The lowest BCUT2D eigenvalue weighted by atomic mass is 9.80. The molecule has 1 amide bonds. The van der Waals surface area contributed by atoms with Crippen molar-refractivity contribution in [1.29, 1.82) is 0 Å². The Labute approximate surface area is 147 Å². The zero-order valence-electron chi connectivity index (χ0n) is 14.7. The summed E-state index contributed by atoms with van der Waals surface area (Å²) in [6.07, 6.45) is 1.59. The standard InChI is InChI=1S/C17H28INO3/c1-8-9-11-14(18)12(20)10-13(16(2,3)4)19(11)15(21)22-17(5,6)7/h13H,8-10H2,1-7H3/t13-/m1/s1. The van der Waals surface area contributed by atoms with Crippen LogP contribution in [0, 0.1) is 5.41 Å². The van der Waals surface area contributed by atoms with E-state index in [9.17, 15) is 9.59 Å². The van der Waals surface area contributed by atoms with Gasteiger partial charge in [-0.3, -0.25) is 9.69 Å². The molecule has 0 saturated heterocycles. The Hall–Kier alpha value is -0.590. The van der Waals surface area contributed by atoms with Crippen molar-refractivity contribution in [2.45, 2.75) is 79.4 Å².